The van der Waals surface area contributed by atoms with Gasteiger partial charge >= 0.3 is 97.8 Å². The summed E-state index contributed by atoms with van der Waals surface area (Å²) in [4.78, 5) is 4.81. The van der Waals surface area contributed by atoms with Gasteiger partial charge in [0, 0.05) is 24.5 Å². The molecule has 0 atom stereocenters. The fraction of sp³-hybridized carbons (Fsp3) is 0.405. The van der Waals surface area contributed by atoms with Gasteiger partial charge < -0.3 is 14.5 Å². The third-order valence-corrected chi connectivity index (χ3v) is 8.74. The molecule has 0 unspecified atom stereocenters. The van der Waals surface area contributed by atoms with Crippen molar-refractivity contribution < 1.29 is 23.0 Å². The van der Waals surface area contributed by atoms with Crippen molar-refractivity contribution in [2.75, 3.05) is 29.5 Å². The minimum Gasteiger partial charge on any atom is -0.502 e. The second-order valence-electron chi connectivity index (χ2n) is 11.4. The molecule has 1 heterocycles. The maximum Gasteiger partial charge on any atom is 0.0146 e. The first-order valence-electron chi connectivity index (χ1n) is 15.2. The van der Waals surface area contributed by atoms with Gasteiger partial charge in [-0.25, -0.2) is 0 Å². The molecule has 4 rings (SSSR count). The molecule has 0 saturated carbocycles. The molecule has 0 spiro atoms. The monoisotopic (exact) mass is 727 g/mol. The summed E-state index contributed by atoms with van der Waals surface area (Å²) in [5.41, 5.74) is 11.8. The third-order valence-electron chi connectivity index (χ3n) is 6.91. The van der Waals surface area contributed by atoms with Crippen molar-refractivity contribution in [2.24, 2.45) is 0 Å². The summed E-state index contributed by atoms with van der Waals surface area (Å²) >= 11 is -1.77. The number of anilines is 2. The summed E-state index contributed by atoms with van der Waals surface area (Å²) in [5, 5.41) is 0. The van der Waals surface area contributed by atoms with Crippen LogP contribution in [0.4, 0.5) is 11.4 Å². The molecular formula is C37H51Cl2N2O2Ru-. The van der Waals surface area contributed by atoms with Gasteiger partial charge in [0.25, 0.3) is 0 Å². The van der Waals surface area contributed by atoms with Gasteiger partial charge in [0.2, 0.25) is 0 Å². The van der Waals surface area contributed by atoms with Gasteiger partial charge in [-0.05, 0) is 70.2 Å². The fourth-order valence-corrected chi connectivity index (χ4v) is 7.22. The Morgan fingerprint density at radius 2 is 1.34 bits per heavy atom. The number of ether oxygens (including phenoxy) is 2. The van der Waals surface area contributed by atoms with E-state index in [0.29, 0.717) is 0 Å². The normalized spacial score (nSPS) is 12.6. The zero-order chi connectivity index (χ0) is 32.8. The summed E-state index contributed by atoms with van der Waals surface area (Å²) in [7, 11) is 11.6. The molecule has 0 aromatic heterocycles. The molecule has 244 valence electrons. The van der Waals surface area contributed by atoms with Crippen molar-refractivity contribution in [2.45, 2.75) is 81.3 Å². The van der Waals surface area contributed by atoms with E-state index in [1.807, 2.05) is 42.7 Å². The molecule has 0 N–H and O–H groups in total. The maximum absolute atomic E-state index is 5.82. The second-order valence-corrected chi connectivity index (χ2v) is 17.1. The molecule has 0 radical (unpaired) electrons. The molecule has 1 aliphatic heterocycles. The number of nitrogens with zero attached hydrogens (tertiary/aromatic N) is 2. The number of aryl methyl sites for hydroxylation is 6. The Bertz CT molecular complexity index is 1280. The van der Waals surface area contributed by atoms with Crippen molar-refractivity contribution in [1.29, 1.82) is 0 Å². The molecule has 3 aromatic carbocycles. The van der Waals surface area contributed by atoms with E-state index < -0.39 is 13.5 Å². The zero-order valence-corrected chi connectivity index (χ0v) is 31.2. The summed E-state index contributed by atoms with van der Waals surface area (Å²) in [6, 6.07) is 16.9. The average Bonchev–Trinajstić information content (AvgIpc) is 3.38. The third kappa shape index (κ3) is 12.2. The summed E-state index contributed by atoms with van der Waals surface area (Å²) in [6.45, 7) is 27.9. The Hall–Kier alpha value is -2.33. The van der Waals surface area contributed by atoms with Gasteiger partial charge in [0.15, 0.2) is 0 Å². The second kappa shape index (κ2) is 19.2. The van der Waals surface area contributed by atoms with Crippen molar-refractivity contribution in [3.63, 3.8) is 0 Å². The van der Waals surface area contributed by atoms with Crippen LogP contribution in [0.1, 0.15) is 72.6 Å². The first kappa shape index (κ1) is 37.9. The largest absolute Gasteiger partial charge is 0.502 e. The first-order chi connectivity index (χ1) is 20.9. The summed E-state index contributed by atoms with van der Waals surface area (Å²) in [6.07, 6.45) is 3.96. The van der Waals surface area contributed by atoms with Gasteiger partial charge in [0.1, 0.15) is 0 Å². The van der Waals surface area contributed by atoms with E-state index in [2.05, 4.69) is 95.8 Å². The van der Waals surface area contributed by atoms with E-state index >= 15 is 0 Å². The van der Waals surface area contributed by atoms with Crippen molar-refractivity contribution in [3.05, 3.63) is 107 Å². The Morgan fingerprint density at radius 1 is 0.864 bits per heavy atom. The van der Waals surface area contributed by atoms with E-state index in [4.69, 9.17) is 28.9 Å². The fourth-order valence-electron chi connectivity index (χ4n) is 5.41. The van der Waals surface area contributed by atoms with Crippen LogP contribution in [0.2, 0.25) is 0 Å². The molecule has 1 fully saturated rings. The van der Waals surface area contributed by atoms with E-state index in [1.54, 1.807) is 0 Å². The minimum atomic E-state index is -1.77. The van der Waals surface area contributed by atoms with Crippen LogP contribution < -0.4 is 14.5 Å². The molecule has 0 amide bonds. The van der Waals surface area contributed by atoms with Crippen molar-refractivity contribution >= 4 is 35.4 Å². The summed E-state index contributed by atoms with van der Waals surface area (Å²) in [5.74, 6) is 0.850. The van der Waals surface area contributed by atoms with Crippen LogP contribution >= 0.6 is 19.4 Å². The predicted molar refractivity (Wildman–Crippen MR) is 190 cm³/mol. The van der Waals surface area contributed by atoms with E-state index in [0.717, 1.165) is 37.4 Å². The van der Waals surface area contributed by atoms with Crippen molar-refractivity contribution in [3.8, 4) is 5.75 Å². The topological polar surface area (TPSA) is 24.9 Å². The van der Waals surface area contributed by atoms with Gasteiger partial charge in [-0.15, -0.1) is 0 Å². The van der Waals surface area contributed by atoms with Crippen LogP contribution in [0.5, 0.6) is 5.75 Å². The Morgan fingerprint density at radius 3 is 1.75 bits per heavy atom. The van der Waals surface area contributed by atoms with Crippen LogP contribution in [-0.2, 0) is 18.3 Å². The van der Waals surface area contributed by atoms with Crippen LogP contribution in [0, 0.1) is 48.2 Å². The molecule has 1 aliphatic rings. The van der Waals surface area contributed by atoms with Crippen molar-refractivity contribution in [1.82, 2.24) is 0 Å². The predicted octanol–water partition coefficient (Wildman–Crippen LogP) is 10.5. The molecule has 1 saturated heterocycles. The van der Waals surface area contributed by atoms with Gasteiger partial charge in [0.05, 0.1) is 12.9 Å². The van der Waals surface area contributed by atoms with Gasteiger partial charge in [-0.3, -0.25) is 0 Å². The van der Waals surface area contributed by atoms with E-state index in [-0.39, 0.29) is 6.10 Å². The molecular weight excluding hydrogens is 676 g/mol. The Labute approximate surface area is 280 Å². The van der Waals surface area contributed by atoms with Gasteiger partial charge in [-0.1, -0.05) is 55.3 Å². The number of rotatable bonds is 9. The number of halogens is 2. The van der Waals surface area contributed by atoms with Crippen LogP contribution in [-0.4, -0.2) is 30.4 Å². The Kier molecular flexibility index (Phi) is 16.6. The zero-order valence-electron chi connectivity index (χ0n) is 28.0. The number of benzene rings is 3. The number of unbranched alkanes of at least 4 members (excludes halogenated alkanes) is 1. The molecule has 0 aliphatic carbocycles. The minimum absolute atomic E-state index is 0.163. The Balaban J connectivity index is 0.000000273. The molecule has 4 nitrogen and oxygen atoms in total. The van der Waals surface area contributed by atoms with Gasteiger partial charge in [-0.2, -0.15) is 6.67 Å². The maximum atomic E-state index is 5.82. The van der Waals surface area contributed by atoms with E-state index in [1.165, 1.54) is 57.4 Å². The number of para-hydroxylation sites is 1. The van der Waals surface area contributed by atoms with Crippen LogP contribution in [0.25, 0.3) is 0 Å². The summed E-state index contributed by atoms with van der Waals surface area (Å²) < 4.78 is 12.4. The standard InChI is InChI=1S/C21H27N2.C10H12O.C6H12O.2ClH.Ru/c1-14-9-16(3)20(17(4)10-14)22-7-8-23(13-22)21-18(5)11-15(2)12-19(21)6;1-8(2)11-10-7-5-4-6-9(10)3;1-3-5-6-7-4-2;;;/h9-13H,7-8H2,1-6H3;3-8H,1-2H3;4H,2-3,5-6H2,1H3;2*1H;/q-1;;;;;+2/p-2. The van der Waals surface area contributed by atoms with Crippen LogP contribution in [0.15, 0.2) is 61.4 Å². The SMILES string of the molecule is C=COCCCC.CC(C)Oc1ccccc1[CH]=[Ru]([Cl])[Cl].Cc1cc(C)c(N2[CH-]N(c3c(C)cc(C)cc3C)CC2)c(C)c1. The van der Waals surface area contributed by atoms with E-state index in [9.17, 15) is 0 Å². The van der Waals surface area contributed by atoms with Crippen LogP contribution in [0.3, 0.4) is 0 Å². The quantitative estimate of drug-likeness (QED) is 0.0949. The average molecular weight is 728 g/mol. The molecule has 7 heteroatoms. The molecule has 0 bridgehead atoms. The molecule has 44 heavy (non-hydrogen) atoms. The number of hydrogen-bond acceptors (Lipinski definition) is 4. The number of hydrogen-bond donors (Lipinski definition) is 0. The smallest absolute Gasteiger partial charge is 0.0146 e. The molecule has 3 aromatic rings. The first-order valence-corrected chi connectivity index (χ1v) is 20.7.